The molecule has 9 nitrogen and oxygen atoms in total. The molecule has 0 aliphatic carbocycles. The van der Waals surface area contributed by atoms with Crippen molar-refractivity contribution in [3.05, 3.63) is 68.3 Å². The normalized spacial score (nSPS) is 10.6. The minimum Gasteiger partial charge on any atom is -0.495 e. The Bertz CT molecular complexity index is 1230. The predicted molar refractivity (Wildman–Crippen MR) is 113 cm³/mol. The van der Waals surface area contributed by atoms with Crippen molar-refractivity contribution in [2.24, 2.45) is 0 Å². The molecule has 3 aromatic rings. The number of anilines is 1. The molecule has 0 atom stereocenters. The monoisotopic (exact) mass is 430 g/mol. The number of rotatable bonds is 6. The van der Waals surface area contributed by atoms with Crippen LogP contribution in [0.25, 0.3) is 10.9 Å². The second kappa shape index (κ2) is 8.83. The molecule has 0 aliphatic rings. The van der Waals surface area contributed by atoms with Gasteiger partial charge in [0, 0.05) is 12.1 Å². The van der Waals surface area contributed by atoms with E-state index in [9.17, 15) is 19.2 Å². The molecular formula is C20H19ClN4O5. The third kappa shape index (κ3) is 4.52. The summed E-state index contributed by atoms with van der Waals surface area (Å²) in [6.45, 7) is -0.794. The average molecular weight is 431 g/mol. The number of aromatic nitrogens is 2. The summed E-state index contributed by atoms with van der Waals surface area (Å²) < 4.78 is 5.97. The number of H-pyrrole nitrogens is 1. The molecule has 0 unspecified atom stereocenters. The van der Waals surface area contributed by atoms with Crippen LogP contribution < -0.4 is 21.3 Å². The molecule has 0 aliphatic heterocycles. The number of benzene rings is 2. The van der Waals surface area contributed by atoms with E-state index in [0.717, 1.165) is 9.47 Å². The molecule has 10 heteroatoms. The number of ether oxygens (including phenoxy) is 1. The predicted octanol–water partition coefficient (Wildman–Crippen LogP) is 1.45. The molecule has 0 bridgehead atoms. The highest BCUT2D eigenvalue weighted by atomic mass is 35.5. The Morgan fingerprint density at radius 2 is 1.93 bits per heavy atom. The largest absolute Gasteiger partial charge is 0.495 e. The number of nitrogens with one attached hydrogen (secondary N) is 2. The topological polar surface area (TPSA) is 114 Å². The molecule has 0 spiro atoms. The van der Waals surface area contributed by atoms with E-state index in [1.54, 1.807) is 36.4 Å². The number of fused-ring (bicyclic) bond motifs is 1. The number of likely N-dealkylation sites (N-methyl/N-ethyl adjacent to an activating group) is 1. The van der Waals surface area contributed by atoms with Crippen LogP contribution >= 0.6 is 11.6 Å². The summed E-state index contributed by atoms with van der Waals surface area (Å²) in [7, 11) is 2.85. The molecule has 1 aromatic heterocycles. The lowest BCUT2D eigenvalue weighted by atomic mass is 10.2. The van der Waals surface area contributed by atoms with E-state index in [0.29, 0.717) is 27.4 Å². The Morgan fingerprint density at radius 1 is 1.20 bits per heavy atom. The summed E-state index contributed by atoms with van der Waals surface area (Å²) in [6.07, 6.45) is 0. The minimum absolute atomic E-state index is 0.290. The van der Waals surface area contributed by atoms with Crippen molar-refractivity contribution >= 4 is 40.0 Å². The zero-order chi connectivity index (χ0) is 21.8. The van der Waals surface area contributed by atoms with Crippen molar-refractivity contribution in [1.29, 1.82) is 0 Å². The van der Waals surface area contributed by atoms with Crippen LogP contribution in [0, 0.1) is 0 Å². The van der Waals surface area contributed by atoms with Crippen molar-refractivity contribution in [2.45, 2.75) is 6.54 Å². The lowest BCUT2D eigenvalue weighted by Crippen LogP contribution is -2.43. The number of nitrogens with zero attached hydrogens (tertiary/aromatic N) is 2. The van der Waals surface area contributed by atoms with E-state index >= 15 is 0 Å². The zero-order valence-electron chi connectivity index (χ0n) is 16.3. The lowest BCUT2D eigenvalue weighted by molar-refractivity contribution is -0.133. The summed E-state index contributed by atoms with van der Waals surface area (Å²) in [5.41, 5.74) is -0.532. The van der Waals surface area contributed by atoms with Gasteiger partial charge in [-0.25, -0.2) is 4.79 Å². The van der Waals surface area contributed by atoms with Crippen LogP contribution in [-0.4, -0.2) is 47.0 Å². The maximum atomic E-state index is 12.5. The second-order valence-electron chi connectivity index (χ2n) is 6.51. The van der Waals surface area contributed by atoms with E-state index < -0.39 is 29.6 Å². The van der Waals surface area contributed by atoms with Gasteiger partial charge in [-0.05, 0) is 30.3 Å². The maximum absolute atomic E-state index is 12.5. The Labute approximate surface area is 175 Å². The van der Waals surface area contributed by atoms with E-state index in [1.165, 1.54) is 20.2 Å². The molecule has 0 saturated carbocycles. The Kier molecular flexibility index (Phi) is 6.22. The van der Waals surface area contributed by atoms with Crippen LogP contribution in [0.15, 0.2) is 52.1 Å². The number of amides is 2. The van der Waals surface area contributed by atoms with Gasteiger partial charge in [-0.1, -0.05) is 23.7 Å². The summed E-state index contributed by atoms with van der Waals surface area (Å²) in [6, 6.07) is 11.3. The average Bonchev–Trinajstić information content (AvgIpc) is 2.71. The number of carbonyl (C=O) groups excluding carboxylic acids is 2. The van der Waals surface area contributed by atoms with Gasteiger partial charge in [-0.2, -0.15) is 0 Å². The third-order valence-electron chi connectivity index (χ3n) is 4.42. The van der Waals surface area contributed by atoms with Gasteiger partial charge in [-0.3, -0.25) is 19.0 Å². The highest BCUT2D eigenvalue weighted by molar-refractivity contribution is 6.31. The summed E-state index contributed by atoms with van der Waals surface area (Å²) >= 11 is 5.94. The fourth-order valence-electron chi connectivity index (χ4n) is 2.87. The highest BCUT2D eigenvalue weighted by Gasteiger charge is 2.17. The second-order valence-corrected chi connectivity index (χ2v) is 6.95. The van der Waals surface area contributed by atoms with E-state index in [2.05, 4.69) is 10.3 Å². The first kappa shape index (κ1) is 21.1. The molecule has 2 amide bonds. The first-order chi connectivity index (χ1) is 14.3. The van der Waals surface area contributed by atoms with Crippen molar-refractivity contribution in [1.82, 2.24) is 14.5 Å². The number of hydrogen-bond acceptors (Lipinski definition) is 5. The van der Waals surface area contributed by atoms with Crippen LogP contribution in [-0.2, 0) is 16.1 Å². The number of aromatic amines is 1. The SMILES string of the molecule is COc1ccc(Cl)cc1NC(=O)CN(C)C(=O)Cn1c(=O)[nH]c2ccccc2c1=O. The first-order valence-corrected chi connectivity index (χ1v) is 9.27. The Balaban J connectivity index is 1.72. The molecule has 2 N–H and O–H groups in total. The number of methoxy groups -OCH3 is 1. The number of para-hydroxylation sites is 1. The number of halogens is 1. The quantitative estimate of drug-likeness (QED) is 0.614. The van der Waals surface area contributed by atoms with E-state index in [-0.39, 0.29) is 6.54 Å². The first-order valence-electron chi connectivity index (χ1n) is 8.89. The van der Waals surface area contributed by atoms with Gasteiger partial charge in [0.1, 0.15) is 12.3 Å². The molecule has 156 valence electrons. The van der Waals surface area contributed by atoms with Gasteiger partial charge >= 0.3 is 5.69 Å². The Hall–Kier alpha value is -3.59. The number of carbonyl (C=O) groups is 2. The lowest BCUT2D eigenvalue weighted by Gasteiger charge is -2.18. The molecular weight excluding hydrogens is 412 g/mol. The van der Waals surface area contributed by atoms with Crippen LogP contribution in [0.4, 0.5) is 5.69 Å². The van der Waals surface area contributed by atoms with Crippen molar-refractivity contribution < 1.29 is 14.3 Å². The van der Waals surface area contributed by atoms with Crippen molar-refractivity contribution in [3.63, 3.8) is 0 Å². The van der Waals surface area contributed by atoms with Gasteiger partial charge < -0.3 is 19.9 Å². The fraction of sp³-hybridized carbons (Fsp3) is 0.200. The maximum Gasteiger partial charge on any atom is 0.329 e. The summed E-state index contributed by atoms with van der Waals surface area (Å²) in [4.78, 5) is 53.3. The van der Waals surface area contributed by atoms with Crippen molar-refractivity contribution in [2.75, 3.05) is 26.0 Å². The molecule has 2 aromatic carbocycles. The molecule has 1 heterocycles. The third-order valence-corrected chi connectivity index (χ3v) is 4.66. The van der Waals surface area contributed by atoms with Gasteiger partial charge in [0.05, 0.1) is 30.2 Å². The fourth-order valence-corrected chi connectivity index (χ4v) is 3.04. The van der Waals surface area contributed by atoms with Crippen LogP contribution in [0.1, 0.15) is 0 Å². The standard InChI is InChI=1S/C20H19ClN4O5/c1-24(10-17(26)22-15-9-12(21)7-8-16(15)30-2)18(27)11-25-19(28)13-5-3-4-6-14(13)23-20(25)29/h3-9H,10-11H2,1-2H3,(H,22,26)(H,23,29). The van der Waals surface area contributed by atoms with E-state index in [4.69, 9.17) is 16.3 Å². The van der Waals surface area contributed by atoms with Crippen LogP contribution in [0.3, 0.4) is 0 Å². The van der Waals surface area contributed by atoms with Gasteiger partial charge in [0.25, 0.3) is 5.56 Å². The van der Waals surface area contributed by atoms with Gasteiger partial charge in [0.2, 0.25) is 11.8 Å². The van der Waals surface area contributed by atoms with Gasteiger partial charge in [-0.15, -0.1) is 0 Å². The summed E-state index contributed by atoms with van der Waals surface area (Å²) in [5.74, 6) is -0.659. The molecule has 0 saturated heterocycles. The van der Waals surface area contributed by atoms with Crippen LogP contribution in [0.5, 0.6) is 5.75 Å². The Morgan fingerprint density at radius 3 is 2.67 bits per heavy atom. The zero-order valence-corrected chi connectivity index (χ0v) is 17.0. The van der Waals surface area contributed by atoms with Crippen molar-refractivity contribution in [3.8, 4) is 5.75 Å². The minimum atomic E-state index is -0.700. The molecule has 0 fully saturated rings. The van der Waals surface area contributed by atoms with E-state index in [1.807, 2.05) is 0 Å². The number of hydrogen-bond donors (Lipinski definition) is 2. The summed E-state index contributed by atoms with van der Waals surface area (Å²) in [5, 5.41) is 3.32. The molecule has 30 heavy (non-hydrogen) atoms. The van der Waals surface area contributed by atoms with Gasteiger partial charge in [0.15, 0.2) is 0 Å². The molecule has 3 rings (SSSR count). The molecule has 0 radical (unpaired) electrons. The highest BCUT2D eigenvalue weighted by Crippen LogP contribution is 2.27. The van der Waals surface area contributed by atoms with Crippen LogP contribution in [0.2, 0.25) is 5.02 Å². The smallest absolute Gasteiger partial charge is 0.329 e.